The zero-order valence-corrected chi connectivity index (χ0v) is 12.8. The van der Waals surface area contributed by atoms with Crippen LogP contribution >= 0.6 is 0 Å². The summed E-state index contributed by atoms with van der Waals surface area (Å²) in [6.07, 6.45) is -5.09. The fraction of sp³-hybridized carbons (Fsp3) is 0.467. The smallest absolute Gasteiger partial charge is 0.335 e. The molecule has 0 saturated carbocycles. The van der Waals surface area contributed by atoms with Crippen molar-refractivity contribution in [1.82, 2.24) is 5.32 Å². The van der Waals surface area contributed by atoms with Crippen LogP contribution in [0.25, 0.3) is 0 Å². The van der Waals surface area contributed by atoms with Gasteiger partial charge in [0.05, 0.1) is 12.2 Å². The van der Waals surface area contributed by atoms with Gasteiger partial charge in [-0.2, -0.15) is 0 Å². The first-order valence-corrected chi connectivity index (χ1v) is 7.23. The summed E-state index contributed by atoms with van der Waals surface area (Å²) in [6.45, 7) is 0.679. The Morgan fingerprint density at radius 3 is 2.33 bits per heavy atom. The normalized spacial score (nSPS) is 29.8. The van der Waals surface area contributed by atoms with Crippen LogP contribution in [0.4, 0.5) is 0 Å². The van der Waals surface area contributed by atoms with E-state index < -0.39 is 49.1 Å². The molecule has 1 fully saturated rings. The first-order chi connectivity index (χ1) is 11.3. The maximum absolute atomic E-state index is 11.3. The summed E-state index contributed by atoms with van der Waals surface area (Å²) in [7, 11) is 0. The quantitative estimate of drug-likeness (QED) is 0.445. The van der Waals surface area contributed by atoms with E-state index in [4.69, 9.17) is 14.6 Å². The highest BCUT2D eigenvalue weighted by molar-refractivity contribution is 5.87. The Hall–Kier alpha value is -2.20. The van der Waals surface area contributed by atoms with E-state index in [9.17, 15) is 24.9 Å². The molecule has 5 atom stereocenters. The largest absolute Gasteiger partial charge is 0.478 e. The lowest BCUT2D eigenvalue weighted by Crippen LogP contribution is -2.65. The van der Waals surface area contributed by atoms with Gasteiger partial charge < -0.3 is 35.2 Å². The molecule has 0 aliphatic carbocycles. The predicted octanol–water partition coefficient (Wildman–Crippen LogP) is -1.29. The number of amides is 1. The third-order valence-electron chi connectivity index (χ3n) is 3.60. The maximum Gasteiger partial charge on any atom is 0.335 e. The minimum absolute atomic E-state index is 0.0639. The summed E-state index contributed by atoms with van der Waals surface area (Å²) in [5.74, 6) is -1.32. The lowest BCUT2D eigenvalue weighted by Gasteiger charge is -2.42. The average molecular weight is 341 g/mol. The summed E-state index contributed by atoms with van der Waals surface area (Å²) in [5, 5.41) is 40.6. The molecular weight excluding hydrogens is 322 g/mol. The number of ether oxygens (including phenoxy) is 2. The van der Waals surface area contributed by atoms with Gasteiger partial charge in [0.15, 0.2) is 0 Å². The van der Waals surface area contributed by atoms with Gasteiger partial charge in [-0.1, -0.05) is 0 Å². The van der Waals surface area contributed by atoms with Gasteiger partial charge in [-0.25, -0.2) is 4.79 Å². The number of hydrogen-bond donors (Lipinski definition) is 5. The lowest BCUT2D eigenvalue weighted by molar-refractivity contribution is -0.244. The molecule has 9 nitrogen and oxygen atoms in total. The van der Waals surface area contributed by atoms with Gasteiger partial charge in [0.25, 0.3) is 0 Å². The van der Waals surface area contributed by atoms with E-state index in [0.717, 1.165) is 0 Å². The van der Waals surface area contributed by atoms with E-state index in [1.807, 2.05) is 0 Å². The highest BCUT2D eigenvalue weighted by atomic mass is 16.7. The van der Waals surface area contributed by atoms with Crippen molar-refractivity contribution in [2.24, 2.45) is 0 Å². The Morgan fingerprint density at radius 2 is 1.83 bits per heavy atom. The van der Waals surface area contributed by atoms with Gasteiger partial charge in [-0.05, 0) is 24.3 Å². The summed E-state index contributed by atoms with van der Waals surface area (Å²) in [6, 6.07) is 4.36. The van der Waals surface area contributed by atoms with Gasteiger partial charge in [-0.15, -0.1) is 0 Å². The molecule has 1 amide bonds. The van der Waals surface area contributed by atoms with Crippen molar-refractivity contribution >= 4 is 11.9 Å². The fourth-order valence-corrected chi connectivity index (χ4v) is 2.38. The number of aliphatic hydroxyl groups excluding tert-OH is 3. The molecule has 1 saturated heterocycles. The second-order valence-electron chi connectivity index (χ2n) is 5.38. The minimum atomic E-state index is -1.41. The van der Waals surface area contributed by atoms with Crippen LogP contribution in [0.2, 0.25) is 0 Å². The number of carboxylic acid groups (broad SMARTS) is 1. The number of hydrogen-bond acceptors (Lipinski definition) is 7. The fourth-order valence-electron chi connectivity index (χ4n) is 2.38. The van der Waals surface area contributed by atoms with Crippen LogP contribution in [0.1, 0.15) is 17.3 Å². The van der Waals surface area contributed by atoms with E-state index in [-0.39, 0.29) is 11.3 Å². The van der Waals surface area contributed by atoms with Gasteiger partial charge in [0.2, 0.25) is 12.2 Å². The number of aliphatic hydroxyl groups is 3. The molecule has 0 unspecified atom stereocenters. The number of rotatable bonds is 5. The van der Waals surface area contributed by atoms with E-state index in [0.29, 0.717) is 0 Å². The van der Waals surface area contributed by atoms with Crippen LogP contribution in [0.3, 0.4) is 0 Å². The predicted molar refractivity (Wildman–Crippen MR) is 79.4 cm³/mol. The van der Waals surface area contributed by atoms with Crippen molar-refractivity contribution < 1.29 is 39.5 Å². The highest BCUT2D eigenvalue weighted by Crippen LogP contribution is 2.24. The lowest BCUT2D eigenvalue weighted by atomic mass is 9.97. The Morgan fingerprint density at radius 1 is 1.21 bits per heavy atom. The van der Waals surface area contributed by atoms with Crippen LogP contribution in [0.5, 0.6) is 5.75 Å². The van der Waals surface area contributed by atoms with E-state index in [2.05, 4.69) is 5.32 Å². The molecule has 1 aromatic rings. The minimum Gasteiger partial charge on any atom is -0.478 e. The Bertz CT molecular complexity index is 590. The number of benzene rings is 1. The monoisotopic (exact) mass is 341 g/mol. The number of carboxylic acids is 1. The topological polar surface area (TPSA) is 146 Å². The second kappa shape index (κ2) is 7.58. The summed E-state index contributed by atoms with van der Waals surface area (Å²) < 4.78 is 10.9. The number of aromatic carboxylic acids is 1. The molecule has 5 N–H and O–H groups in total. The standard InChI is InChI=1S/C15H19NO8/c1-7(18)16-11-13(20)12(19)10(6-17)24-15(11)23-9-4-2-8(3-5-9)14(21)22/h2-5,10-13,15,17,19-20H,6H2,1H3,(H,16,18)(H,21,22)/t10-,11-,12+,13-,15+/m1/s1. The van der Waals surface area contributed by atoms with Crippen molar-refractivity contribution in [3.05, 3.63) is 29.8 Å². The first kappa shape index (κ1) is 18.1. The summed E-state index contributed by atoms with van der Waals surface area (Å²) in [5.41, 5.74) is 0.0639. The first-order valence-electron chi connectivity index (χ1n) is 7.23. The van der Waals surface area contributed by atoms with Gasteiger partial charge in [0.1, 0.15) is 30.1 Å². The molecule has 0 aromatic heterocycles. The van der Waals surface area contributed by atoms with E-state index >= 15 is 0 Å². The number of carbonyl (C=O) groups is 2. The van der Waals surface area contributed by atoms with Crippen LogP contribution in [-0.4, -0.2) is 69.6 Å². The summed E-state index contributed by atoms with van der Waals surface area (Å²) >= 11 is 0. The zero-order chi connectivity index (χ0) is 17.9. The Kier molecular flexibility index (Phi) is 5.73. The maximum atomic E-state index is 11.3. The van der Waals surface area contributed by atoms with Gasteiger partial charge >= 0.3 is 5.97 Å². The van der Waals surface area contributed by atoms with Crippen molar-refractivity contribution in [3.8, 4) is 5.75 Å². The zero-order valence-electron chi connectivity index (χ0n) is 12.8. The third-order valence-corrected chi connectivity index (χ3v) is 3.60. The van der Waals surface area contributed by atoms with Crippen LogP contribution < -0.4 is 10.1 Å². The molecule has 0 radical (unpaired) electrons. The van der Waals surface area contributed by atoms with Crippen molar-refractivity contribution in [3.63, 3.8) is 0 Å². The van der Waals surface area contributed by atoms with Gasteiger partial charge in [-0.3, -0.25) is 4.79 Å². The molecule has 132 valence electrons. The van der Waals surface area contributed by atoms with Crippen molar-refractivity contribution in [1.29, 1.82) is 0 Å². The molecule has 9 heteroatoms. The molecule has 0 bridgehead atoms. The molecule has 0 spiro atoms. The molecule has 1 aromatic carbocycles. The molecule has 1 aliphatic rings. The molecule has 1 aliphatic heterocycles. The van der Waals surface area contributed by atoms with Crippen molar-refractivity contribution in [2.75, 3.05) is 6.61 Å². The summed E-state index contributed by atoms with van der Waals surface area (Å²) in [4.78, 5) is 22.1. The SMILES string of the molecule is CC(=O)N[C@H]1[C@@H](Oc2ccc(C(=O)O)cc2)O[C@H](CO)[C@H](O)[C@@H]1O. The number of nitrogens with one attached hydrogen (secondary N) is 1. The molecule has 2 rings (SSSR count). The molecule has 1 heterocycles. The van der Waals surface area contributed by atoms with E-state index in [1.54, 1.807) is 0 Å². The van der Waals surface area contributed by atoms with Crippen LogP contribution in [0, 0.1) is 0 Å². The third kappa shape index (κ3) is 4.01. The highest BCUT2D eigenvalue weighted by Gasteiger charge is 2.46. The Balaban J connectivity index is 2.19. The van der Waals surface area contributed by atoms with Gasteiger partial charge in [0, 0.05) is 6.92 Å². The number of carbonyl (C=O) groups excluding carboxylic acids is 1. The van der Waals surface area contributed by atoms with Crippen LogP contribution in [0.15, 0.2) is 24.3 Å². The van der Waals surface area contributed by atoms with Crippen molar-refractivity contribution in [2.45, 2.75) is 37.6 Å². The van der Waals surface area contributed by atoms with Crippen LogP contribution in [-0.2, 0) is 9.53 Å². The average Bonchev–Trinajstić information content (AvgIpc) is 2.54. The van der Waals surface area contributed by atoms with E-state index in [1.165, 1.54) is 31.2 Å². The molecule has 24 heavy (non-hydrogen) atoms. The Labute approximate surface area is 137 Å². The molecular formula is C15H19NO8. The second-order valence-corrected chi connectivity index (χ2v) is 5.38.